The molecular formula is C24H29N3O5. The highest BCUT2D eigenvalue weighted by molar-refractivity contribution is 6.11. The van der Waals surface area contributed by atoms with E-state index in [1.165, 1.54) is 14.2 Å². The van der Waals surface area contributed by atoms with Gasteiger partial charge in [0.15, 0.2) is 11.4 Å². The van der Waals surface area contributed by atoms with Gasteiger partial charge in [-0.1, -0.05) is 18.2 Å². The Kier molecular flexibility index (Phi) is 6.19. The van der Waals surface area contributed by atoms with Crippen LogP contribution in [0.2, 0.25) is 0 Å². The second-order valence-corrected chi connectivity index (χ2v) is 8.34. The fraction of sp³-hybridized carbons (Fsp3) is 0.417. The van der Waals surface area contributed by atoms with Gasteiger partial charge in [-0.3, -0.25) is 19.4 Å². The number of methoxy groups -OCH3 is 2. The predicted octanol–water partition coefficient (Wildman–Crippen LogP) is 1.72. The number of nitrogens with zero attached hydrogens (tertiary/aromatic N) is 3. The minimum Gasteiger partial charge on any atom is -0.497 e. The van der Waals surface area contributed by atoms with E-state index in [-0.39, 0.29) is 12.2 Å². The van der Waals surface area contributed by atoms with Crippen molar-refractivity contribution in [3.8, 4) is 11.5 Å². The van der Waals surface area contributed by atoms with Crippen LogP contribution < -0.4 is 14.4 Å². The van der Waals surface area contributed by atoms with Gasteiger partial charge in [0.05, 0.1) is 38.6 Å². The Hall–Kier alpha value is -2.94. The summed E-state index contributed by atoms with van der Waals surface area (Å²) in [5.41, 5.74) is -0.525. The van der Waals surface area contributed by atoms with Crippen LogP contribution in [0.25, 0.3) is 0 Å². The van der Waals surface area contributed by atoms with Crippen molar-refractivity contribution in [3.63, 3.8) is 0 Å². The second-order valence-electron chi connectivity index (χ2n) is 8.34. The zero-order chi connectivity index (χ0) is 22.9. The molecule has 2 aliphatic heterocycles. The van der Waals surface area contributed by atoms with Crippen molar-refractivity contribution in [1.82, 2.24) is 9.80 Å². The van der Waals surface area contributed by atoms with Crippen LogP contribution in [-0.4, -0.2) is 80.7 Å². The fourth-order valence-electron chi connectivity index (χ4n) is 4.36. The summed E-state index contributed by atoms with van der Waals surface area (Å²) in [6, 6.07) is 12.0. The number of rotatable bonds is 7. The van der Waals surface area contributed by atoms with Crippen molar-refractivity contribution >= 4 is 17.4 Å². The number of aliphatic hydroxyl groups is 1. The number of hydrogen-bond donors (Lipinski definition) is 1. The van der Waals surface area contributed by atoms with E-state index in [9.17, 15) is 14.7 Å². The van der Waals surface area contributed by atoms with Gasteiger partial charge >= 0.3 is 0 Å². The average Bonchev–Trinajstić information content (AvgIpc) is 3.01. The number of benzene rings is 2. The first-order valence-electron chi connectivity index (χ1n) is 10.7. The number of para-hydroxylation sites is 1. The Morgan fingerprint density at radius 1 is 1.06 bits per heavy atom. The molecule has 0 aromatic heterocycles. The Bertz CT molecular complexity index is 1020. The van der Waals surface area contributed by atoms with Crippen molar-refractivity contribution in [2.45, 2.75) is 12.0 Å². The normalized spacial score (nSPS) is 21.5. The van der Waals surface area contributed by atoms with Crippen molar-refractivity contribution < 1.29 is 24.2 Å². The van der Waals surface area contributed by atoms with E-state index in [0.29, 0.717) is 35.0 Å². The maximum atomic E-state index is 13.5. The number of likely N-dealkylation sites (N-methyl/N-ethyl adjacent to an activating group) is 1. The van der Waals surface area contributed by atoms with Gasteiger partial charge in [-0.05, 0) is 25.2 Å². The third-order valence-electron chi connectivity index (χ3n) is 6.30. The molecule has 32 heavy (non-hydrogen) atoms. The smallest absolute Gasteiger partial charge is 0.265 e. The minimum atomic E-state index is -1.93. The molecule has 0 radical (unpaired) electrons. The average molecular weight is 440 g/mol. The molecule has 1 unspecified atom stereocenters. The van der Waals surface area contributed by atoms with E-state index in [2.05, 4.69) is 16.8 Å². The monoisotopic (exact) mass is 439 g/mol. The van der Waals surface area contributed by atoms with Gasteiger partial charge in [0.25, 0.3) is 5.91 Å². The highest BCUT2D eigenvalue weighted by atomic mass is 16.5. The maximum Gasteiger partial charge on any atom is 0.265 e. The summed E-state index contributed by atoms with van der Waals surface area (Å²) in [6.45, 7) is 3.89. The summed E-state index contributed by atoms with van der Waals surface area (Å²) in [7, 11) is 5.07. The third kappa shape index (κ3) is 3.97. The van der Waals surface area contributed by atoms with Gasteiger partial charge in [-0.25, -0.2) is 0 Å². The summed E-state index contributed by atoms with van der Waals surface area (Å²) in [5, 5.41) is 11.5. The van der Waals surface area contributed by atoms with Gasteiger partial charge in [-0.2, -0.15) is 0 Å². The largest absolute Gasteiger partial charge is 0.497 e. The lowest BCUT2D eigenvalue weighted by molar-refractivity contribution is -0.136. The molecule has 170 valence electrons. The van der Waals surface area contributed by atoms with Gasteiger partial charge in [-0.15, -0.1) is 0 Å². The zero-order valence-corrected chi connectivity index (χ0v) is 18.7. The highest BCUT2D eigenvalue weighted by Crippen LogP contribution is 2.43. The van der Waals surface area contributed by atoms with E-state index in [0.717, 1.165) is 26.2 Å². The number of fused-ring (bicyclic) bond motifs is 1. The van der Waals surface area contributed by atoms with E-state index < -0.39 is 11.5 Å². The molecule has 0 aliphatic carbocycles. The van der Waals surface area contributed by atoms with E-state index in [1.54, 1.807) is 35.2 Å². The lowest BCUT2D eigenvalue weighted by Crippen LogP contribution is -2.51. The Balaban J connectivity index is 1.61. The summed E-state index contributed by atoms with van der Waals surface area (Å²) < 4.78 is 10.5. The number of carbonyl (C=O) groups is 2. The molecule has 1 N–H and O–H groups in total. The summed E-state index contributed by atoms with van der Waals surface area (Å²) >= 11 is 0. The molecule has 2 aromatic rings. The summed E-state index contributed by atoms with van der Waals surface area (Å²) in [6.07, 6.45) is -0.370. The van der Waals surface area contributed by atoms with Crippen LogP contribution in [-0.2, 0) is 10.4 Å². The standard InChI is InChI=1S/C24H29N3O5/c1-25-10-12-26(13-11-25)16-27-20-7-5-4-6-19(20)24(30,23(27)29)15-21(28)18-9-8-17(31-2)14-22(18)32-3/h4-9,14,30H,10-13,15-16H2,1-3H3. The van der Waals surface area contributed by atoms with E-state index >= 15 is 0 Å². The number of carbonyl (C=O) groups excluding carboxylic acids is 2. The van der Waals surface area contributed by atoms with Crippen LogP contribution >= 0.6 is 0 Å². The maximum absolute atomic E-state index is 13.5. The molecule has 1 amide bonds. The SMILES string of the molecule is COc1ccc(C(=O)CC2(O)C(=O)N(CN3CCN(C)CC3)c3ccccc32)c(OC)c1. The first-order chi connectivity index (χ1) is 15.4. The minimum absolute atomic E-state index is 0.296. The molecule has 2 aliphatic rings. The molecule has 0 spiro atoms. The van der Waals surface area contributed by atoms with E-state index in [1.807, 2.05) is 12.1 Å². The molecule has 1 atom stereocenters. The van der Waals surface area contributed by atoms with Crippen molar-refractivity contribution in [2.24, 2.45) is 0 Å². The molecule has 0 bridgehead atoms. The number of amides is 1. The predicted molar refractivity (Wildman–Crippen MR) is 120 cm³/mol. The number of hydrogen-bond acceptors (Lipinski definition) is 7. The molecule has 1 fully saturated rings. The molecule has 0 saturated carbocycles. The van der Waals surface area contributed by atoms with Crippen LogP contribution in [0.5, 0.6) is 11.5 Å². The fourth-order valence-corrected chi connectivity index (χ4v) is 4.36. The van der Waals surface area contributed by atoms with Crippen LogP contribution in [0.4, 0.5) is 5.69 Å². The molecular weight excluding hydrogens is 410 g/mol. The Labute approximate surface area is 187 Å². The number of anilines is 1. The highest BCUT2D eigenvalue weighted by Gasteiger charge is 2.51. The summed E-state index contributed by atoms with van der Waals surface area (Å²) in [4.78, 5) is 32.7. The van der Waals surface area contributed by atoms with Crippen LogP contribution in [0.15, 0.2) is 42.5 Å². The Morgan fingerprint density at radius 2 is 1.78 bits per heavy atom. The van der Waals surface area contributed by atoms with Gasteiger partial charge in [0, 0.05) is 37.8 Å². The van der Waals surface area contributed by atoms with Gasteiger partial charge < -0.3 is 19.5 Å². The molecule has 2 heterocycles. The van der Waals surface area contributed by atoms with Crippen molar-refractivity contribution in [1.29, 1.82) is 0 Å². The molecule has 2 aromatic carbocycles. The molecule has 4 rings (SSSR count). The topological polar surface area (TPSA) is 82.5 Å². The molecule has 1 saturated heterocycles. The lowest BCUT2D eigenvalue weighted by Gasteiger charge is -2.35. The number of piperazine rings is 1. The zero-order valence-electron chi connectivity index (χ0n) is 18.7. The Morgan fingerprint density at radius 3 is 2.47 bits per heavy atom. The summed E-state index contributed by atoms with van der Waals surface area (Å²) in [5.74, 6) is 0.0405. The van der Waals surface area contributed by atoms with Crippen LogP contribution in [0, 0.1) is 0 Å². The number of ketones is 1. The lowest BCUT2D eigenvalue weighted by atomic mass is 9.88. The van der Waals surface area contributed by atoms with Crippen LogP contribution in [0.3, 0.4) is 0 Å². The quantitative estimate of drug-likeness (QED) is 0.658. The number of ether oxygens (including phenoxy) is 2. The third-order valence-corrected chi connectivity index (χ3v) is 6.30. The van der Waals surface area contributed by atoms with Gasteiger partial charge in [0.2, 0.25) is 0 Å². The molecule has 8 nitrogen and oxygen atoms in total. The van der Waals surface area contributed by atoms with Crippen LogP contribution in [0.1, 0.15) is 22.3 Å². The first kappa shape index (κ1) is 22.3. The van der Waals surface area contributed by atoms with E-state index in [4.69, 9.17) is 9.47 Å². The van der Waals surface area contributed by atoms with Crippen molar-refractivity contribution in [2.75, 3.05) is 59.0 Å². The first-order valence-corrected chi connectivity index (χ1v) is 10.7. The second kappa shape index (κ2) is 8.90. The van der Waals surface area contributed by atoms with Crippen molar-refractivity contribution in [3.05, 3.63) is 53.6 Å². The number of Topliss-reactive ketones (excluding diaryl/α,β-unsaturated/α-hetero) is 1. The van der Waals surface area contributed by atoms with Gasteiger partial charge in [0.1, 0.15) is 11.5 Å². The molecule has 8 heteroatoms.